The number of rotatable bonds is 7. The van der Waals surface area contributed by atoms with Crippen molar-refractivity contribution in [2.45, 2.75) is 46.2 Å². The number of aryl methyl sites for hydroxylation is 2. The summed E-state index contributed by atoms with van der Waals surface area (Å²) in [5.74, 6) is 1.12. The van der Waals surface area contributed by atoms with Crippen LogP contribution < -0.4 is 5.32 Å². The molecule has 0 fully saturated rings. The molecule has 0 bridgehead atoms. The Hall–Kier alpha value is -1.68. The Morgan fingerprint density at radius 3 is 2.85 bits per heavy atom. The normalized spacial score (nSPS) is 12.6. The maximum atomic E-state index is 4.66. The smallest absolute Gasteiger partial charge is 0.110 e. The molecular weight excluding hydrogens is 248 g/mol. The van der Waals surface area contributed by atoms with E-state index in [-0.39, 0.29) is 6.04 Å². The Kier molecular flexibility index (Phi) is 5.30. The topological polar surface area (TPSA) is 42.7 Å². The van der Waals surface area contributed by atoms with Gasteiger partial charge in [-0.05, 0) is 38.9 Å². The van der Waals surface area contributed by atoms with E-state index in [0.717, 1.165) is 43.1 Å². The Bertz CT molecular complexity index is 533. The van der Waals surface area contributed by atoms with Gasteiger partial charge in [0.15, 0.2) is 0 Å². The van der Waals surface area contributed by atoms with Crippen LogP contribution >= 0.6 is 0 Å². The summed E-state index contributed by atoms with van der Waals surface area (Å²) in [5.41, 5.74) is 2.16. The van der Waals surface area contributed by atoms with E-state index < -0.39 is 0 Å². The summed E-state index contributed by atoms with van der Waals surface area (Å²) < 4.78 is 2.19. The van der Waals surface area contributed by atoms with Gasteiger partial charge in [0.25, 0.3) is 0 Å². The number of aromatic nitrogens is 3. The molecule has 4 heteroatoms. The predicted molar refractivity (Wildman–Crippen MR) is 81.6 cm³/mol. The van der Waals surface area contributed by atoms with Gasteiger partial charge in [0.2, 0.25) is 0 Å². The molecule has 1 unspecified atom stereocenters. The number of imidazole rings is 1. The van der Waals surface area contributed by atoms with Crippen LogP contribution in [0.15, 0.2) is 30.6 Å². The second-order valence-electron chi connectivity index (χ2n) is 5.04. The number of pyridine rings is 1. The fourth-order valence-corrected chi connectivity index (χ4v) is 2.36. The minimum Gasteiger partial charge on any atom is -0.335 e. The molecule has 2 heterocycles. The van der Waals surface area contributed by atoms with Crippen molar-refractivity contribution >= 4 is 0 Å². The molecule has 0 aliphatic heterocycles. The largest absolute Gasteiger partial charge is 0.335 e. The lowest BCUT2D eigenvalue weighted by molar-refractivity contribution is 0.496. The number of hydrogen-bond donors (Lipinski definition) is 1. The van der Waals surface area contributed by atoms with Crippen molar-refractivity contribution in [2.24, 2.45) is 0 Å². The first kappa shape index (κ1) is 14.7. The lowest BCUT2D eigenvalue weighted by Gasteiger charge is -2.18. The first-order chi connectivity index (χ1) is 9.74. The van der Waals surface area contributed by atoms with Crippen LogP contribution in [0.4, 0.5) is 0 Å². The van der Waals surface area contributed by atoms with E-state index in [1.54, 1.807) is 0 Å². The fourth-order valence-electron chi connectivity index (χ4n) is 2.36. The molecule has 0 radical (unpaired) electrons. The van der Waals surface area contributed by atoms with Gasteiger partial charge < -0.3 is 9.88 Å². The first-order valence-electron chi connectivity index (χ1n) is 7.41. The highest BCUT2D eigenvalue weighted by Gasteiger charge is 2.15. The molecular formula is C16H24N4. The lowest BCUT2D eigenvalue weighted by atomic mass is 10.1. The highest BCUT2D eigenvalue weighted by atomic mass is 15.1. The van der Waals surface area contributed by atoms with Gasteiger partial charge >= 0.3 is 0 Å². The zero-order chi connectivity index (χ0) is 14.4. The molecule has 0 amide bonds. The van der Waals surface area contributed by atoms with Crippen LogP contribution in [0.3, 0.4) is 0 Å². The summed E-state index contributed by atoms with van der Waals surface area (Å²) in [6.45, 7) is 8.31. The van der Waals surface area contributed by atoms with Crippen LogP contribution in [0.2, 0.25) is 0 Å². The van der Waals surface area contributed by atoms with E-state index >= 15 is 0 Å². The molecule has 1 atom stereocenters. The SMILES string of the molecule is CCCNC(Cc1nccn1CC)c1cccc(C)n1. The summed E-state index contributed by atoms with van der Waals surface area (Å²) in [6.07, 6.45) is 5.90. The molecule has 0 aliphatic rings. The third kappa shape index (κ3) is 3.67. The van der Waals surface area contributed by atoms with Crippen molar-refractivity contribution < 1.29 is 0 Å². The third-order valence-corrected chi connectivity index (χ3v) is 3.44. The van der Waals surface area contributed by atoms with E-state index in [0.29, 0.717) is 0 Å². The maximum absolute atomic E-state index is 4.66. The number of nitrogens with one attached hydrogen (secondary N) is 1. The molecule has 0 aliphatic carbocycles. The van der Waals surface area contributed by atoms with Gasteiger partial charge in [-0.3, -0.25) is 4.98 Å². The Balaban J connectivity index is 2.19. The van der Waals surface area contributed by atoms with Crippen LogP contribution in [0.25, 0.3) is 0 Å². The zero-order valence-corrected chi connectivity index (χ0v) is 12.6. The predicted octanol–water partition coefficient (Wildman–Crippen LogP) is 2.89. The van der Waals surface area contributed by atoms with Crippen LogP contribution in [-0.2, 0) is 13.0 Å². The first-order valence-corrected chi connectivity index (χ1v) is 7.41. The summed E-state index contributed by atoms with van der Waals surface area (Å²) in [4.78, 5) is 9.14. The van der Waals surface area contributed by atoms with E-state index in [1.807, 2.05) is 25.4 Å². The van der Waals surface area contributed by atoms with E-state index in [4.69, 9.17) is 0 Å². The van der Waals surface area contributed by atoms with Crippen molar-refractivity contribution in [3.63, 3.8) is 0 Å². The highest BCUT2D eigenvalue weighted by Crippen LogP contribution is 2.16. The molecule has 20 heavy (non-hydrogen) atoms. The van der Waals surface area contributed by atoms with E-state index in [1.165, 1.54) is 0 Å². The molecule has 2 aromatic rings. The van der Waals surface area contributed by atoms with Crippen LogP contribution in [0.1, 0.15) is 43.5 Å². The van der Waals surface area contributed by atoms with Crippen LogP contribution in [0, 0.1) is 6.92 Å². The van der Waals surface area contributed by atoms with Gasteiger partial charge in [-0.25, -0.2) is 4.98 Å². The van der Waals surface area contributed by atoms with Gasteiger partial charge in [-0.15, -0.1) is 0 Å². The molecule has 2 rings (SSSR count). The Morgan fingerprint density at radius 1 is 1.30 bits per heavy atom. The monoisotopic (exact) mass is 272 g/mol. The van der Waals surface area contributed by atoms with Crippen molar-refractivity contribution in [3.8, 4) is 0 Å². The molecule has 0 saturated heterocycles. The third-order valence-electron chi connectivity index (χ3n) is 3.44. The minimum absolute atomic E-state index is 0.225. The number of nitrogens with zero attached hydrogens (tertiary/aromatic N) is 3. The van der Waals surface area contributed by atoms with E-state index in [9.17, 15) is 0 Å². The fraction of sp³-hybridized carbons (Fsp3) is 0.500. The number of hydrogen-bond acceptors (Lipinski definition) is 3. The zero-order valence-electron chi connectivity index (χ0n) is 12.6. The second kappa shape index (κ2) is 7.20. The van der Waals surface area contributed by atoms with Gasteiger partial charge in [-0.1, -0.05) is 13.0 Å². The summed E-state index contributed by atoms with van der Waals surface area (Å²) >= 11 is 0. The van der Waals surface area contributed by atoms with Crippen molar-refractivity contribution in [1.29, 1.82) is 0 Å². The minimum atomic E-state index is 0.225. The molecule has 0 spiro atoms. The van der Waals surface area contributed by atoms with Gasteiger partial charge in [0, 0.05) is 31.1 Å². The van der Waals surface area contributed by atoms with Crippen molar-refractivity contribution in [1.82, 2.24) is 19.9 Å². The van der Waals surface area contributed by atoms with Gasteiger partial charge in [-0.2, -0.15) is 0 Å². The lowest BCUT2D eigenvalue weighted by Crippen LogP contribution is -2.26. The standard InChI is InChI=1S/C16H24N4/c1-4-9-17-15(14-8-6-7-13(3)19-14)12-16-18-10-11-20(16)5-2/h6-8,10-11,15,17H,4-5,9,12H2,1-3H3. The van der Waals surface area contributed by atoms with E-state index in [2.05, 4.69) is 45.8 Å². The molecule has 0 aromatic carbocycles. The highest BCUT2D eigenvalue weighted by molar-refractivity contribution is 5.15. The van der Waals surface area contributed by atoms with Crippen LogP contribution in [-0.4, -0.2) is 21.1 Å². The Labute approximate surface area is 121 Å². The summed E-state index contributed by atoms with van der Waals surface area (Å²) in [6, 6.07) is 6.43. The average Bonchev–Trinajstić information content (AvgIpc) is 2.90. The van der Waals surface area contributed by atoms with Crippen molar-refractivity contribution in [2.75, 3.05) is 6.54 Å². The van der Waals surface area contributed by atoms with Gasteiger partial charge in [0.1, 0.15) is 5.82 Å². The van der Waals surface area contributed by atoms with Crippen LogP contribution in [0.5, 0.6) is 0 Å². The quantitative estimate of drug-likeness (QED) is 0.842. The second-order valence-corrected chi connectivity index (χ2v) is 5.04. The molecule has 0 saturated carbocycles. The maximum Gasteiger partial charge on any atom is 0.110 e. The molecule has 1 N–H and O–H groups in total. The average molecular weight is 272 g/mol. The Morgan fingerprint density at radius 2 is 2.15 bits per heavy atom. The molecule has 2 aromatic heterocycles. The summed E-state index contributed by atoms with van der Waals surface area (Å²) in [5, 5.41) is 3.59. The summed E-state index contributed by atoms with van der Waals surface area (Å²) in [7, 11) is 0. The molecule has 4 nitrogen and oxygen atoms in total. The van der Waals surface area contributed by atoms with Crippen molar-refractivity contribution in [3.05, 3.63) is 47.8 Å². The van der Waals surface area contributed by atoms with Gasteiger partial charge in [0.05, 0.1) is 11.7 Å². The molecule has 108 valence electrons.